The summed E-state index contributed by atoms with van der Waals surface area (Å²) in [5, 5.41) is 9.25. The number of carbonyl (C=O) groups excluding carboxylic acids is 1. The van der Waals surface area contributed by atoms with Gasteiger partial charge in [0, 0.05) is 5.56 Å². The fraction of sp³-hybridized carbons (Fsp3) is 0. The van der Waals surface area contributed by atoms with Gasteiger partial charge in [-0.25, -0.2) is 0 Å². The van der Waals surface area contributed by atoms with Crippen molar-refractivity contribution in [2.24, 2.45) is 0 Å². The molecule has 0 radical (unpaired) electrons. The fourth-order valence-corrected chi connectivity index (χ4v) is 3.24. The maximum absolute atomic E-state index is 12.2. The molecule has 0 saturated heterocycles. The number of phenols is 1. The third-order valence-electron chi connectivity index (χ3n) is 3.70. The summed E-state index contributed by atoms with van der Waals surface area (Å²) in [6.07, 6.45) is 3.04. The monoisotopic (exact) mass is 380 g/mol. The van der Waals surface area contributed by atoms with E-state index in [9.17, 15) is 18.3 Å². The van der Waals surface area contributed by atoms with Crippen molar-refractivity contribution >= 4 is 22.0 Å². The standard InChI is InChI=1S/C21H16O5S/c22-18-11-6-16(7-12-18)8-15-21(23)17-9-13-19(14-10-17)26-27(24,25)20-4-2-1-3-5-20/h1-15,22H/b15-8+. The lowest BCUT2D eigenvalue weighted by Gasteiger charge is -2.07. The van der Waals surface area contributed by atoms with Crippen molar-refractivity contribution in [1.29, 1.82) is 0 Å². The Morgan fingerprint density at radius 3 is 2.11 bits per heavy atom. The van der Waals surface area contributed by atoms with Gasteiger partial charge in [0.1, 0.15) is 16.4 Å². The van der Waals surface area contributed by atoms with Crippen molar-refractivity contribution in [2.75, 3.05) is 0 Å². The molecule has 0 spiro atoms. The van der Waals surface area contributed by atoms with E-state index in [1.807, 2.05) is 0 Å². The number of rotatable bonds is 6. The molecule has 0 aromatic heterocycles. The number of carbonyl (C=O) groups is 1. The summed E-state index contributed by atoms with van der Waals surface area (Å²) in [5.41, 5.74) is 1.17. The summed E-state index contributed by atoms with van der Waals surface area (Å²) in [4.78, 5) is 12.3. The molecule has 0 unspecified atom stereocenters. The summed E-state index contributed by atoms with van der Waals surface area (Å²) in [7, 11) is -3.92. The first-order valence-corrected chi connectivity index (χ1v) is 9.46. The molecule has 0 aliphatic heterocycles. The molecule has 0 atom stereocenters. The molecule has 0 heterocycles. The Kier molecular flexibility index (Phi) is 5.38. The first kappa shape index (κ1) is 18.4. The summed E-state index contributed by atoms with van der Waals surface area (Å²) in [6.45, 7) is 0. The van der Waals surface area contributed by atoms with Gasteiger partial charge in [0.15, 0.2) is 5.78 Å². The number of hydrogen-bond acceptors (Lipinski definition) is 5. The SMILES string of the molecule is O=C(/C=C/c1ccc(O)cc1)c1ccc(OS(=O)(=O)c2ccccc2)cc1. The molecule has 3 aromatic carbocycles. The first-order valence-electron chi connectivity index (χ1n) is 8.05. The third-order valence-corrected chi connectivity index (χ3v) is 4.96. The average molecular weight is 380 g/mol. The molecule has 136 valence electrons. The van der Waals surface area contributed by atoms with Gasteiger partial charge in [-0.2, -0.15) is 8.42 Å². The van der Waals surface area contributed by atoms with Crippen LogP contribution in [0.1, 0.15) is 15.9 Å². The zero-order valence-electron chi connectivity index (χ0n) is 14.1. The molecule has 1 N–H and O–H groups in total. The highest BCUT2D eigenvalue weighted by atomic mass is 32.2. The average Bonchev–Trinajstić information content (AvgIpc) is 2.68. The number of phenolic OH excluding ortho intramolecular Hbond substituents is 1. The van der Waals surface area contributed by atoms with E-state index in [0.29, 0.717) is 5.56 Å². The van der Waals surface area contributed by atoms with Crippen LogP contribution in [0.4, 0.5) is 0 Å². The summed E-state index contributed by atoms with van der Waals surface area (Å²) >= 11 is 0. The van der Waals surface area contributed by atoms with E-state index in [1.165, 1.54) is 54.6 Å². The van der Waals surface area contributed by atoms with Crippen molar-refractivity contribution in [3.05, 3.63) is 96.1 Å². The number of aromatic hydroxyl groups is 1. The molecule has 0 bridgehead atoms. The molecule has 5 nitrogen and oxygen atoms in total. The van der Waals surface area contributed by atoms with Crippen molar-refractivity contribution < 1.29 is 22.5 Å². The van der Waals surface area contributed by atoms with Crippen molar-refractivity contribution in [3.63, 3.8) is 0 Å². The van der Waals surface area contributed by atoms with Gasteiger partial charge in [-0.05, 0) is 60.2 Å². The third kappa shape index (κ3) is 4.83. The quantitative estimate of drug-likeness (QED) is 0.396. The van der Waals surface area contributed by atoms with Gasteiger partial charge in [0.2, 0.25) is 0 Å². The molecule has 27 heavy (non-hydrogen) atoms. The van der Waals surface area contributed by atoms with E-state index >= 15 is 0 Å². The van der Waals surface area contributed by atoms with Gasteiger partial charge in [0.05, 0.1) is 0 Å². The van der Waals surface area contributed by atoms with Crippen molar-refractivity contribution in [2.45, 2.75) is 4.90 Å². The van der Waals surface area contributed by atoms with Crippen LogP contribution in [0.15, 0.2) is 89.8 Å². The Bertz CT molecular complexity index is 1050. The number of hydrogen-bond donors (Lipinski definition) is 1. The van der Waals surface area contributed by atoms with E-state index in [2.05, 4.69) is 0 Å². The largest absolute Gasteiger partial charge is 0.508 e. The lowest BCUT2D eigenvalue weighted by atomic mass is 10.1. The molecule has 3 rings (SSSR count). The topological polar surface area (TPSA) is 80.7 Å². The lowest BCUT2D eigenvalue weighted by molar-refractivity contribution is 0.104. The van der Waals surface area contributed by atoms with Gasteiger partial charge in [-0.3, -0.25) is 4.79 Å². The second-order valence-corrected chi connectivity index (χ2v) is 7.21. The van der Waals surface area contributed by atoms with Crippen LogP contribution >= 0.6 is 0 Å². The Labute approximate surface area is 157 Å². The minimum atomic E-state index is -3.92. The first-order chi connectivity index (χ1) is 12.9. The van der Waals surface area contributed by atoms with Crippen LogP contribution in [0.25, 0.3) is 6.08 Å². The molecule has 3 aromatic rings. The second-order valence-electron chi connectivity index (χ2n) is 5.66. The smallest absolute Gasteiger partial charge is 0.339 e. The van der Waals surface area contributed by atoms with Crippen LogP contribution in [0, 0.1) is 0 Å². The van der Waals surface area contributed by atoms with Gasteiger partial charge in [0.25, 0.3) is 0 Å². The Morgan fingerprint density at radius 2 is 1.48 bits per heavy atom. The zero-order valence-corrected chi connectivity index (χ0v) is 15.0. The lowest BCUT2D eigenvalue weighted by Crippen LogP contribution is -2.09. The van der Waals surface area contributed by atoms with Crippen molar-refractivity contribution in [3.8, 4) is 11.5 Å². The van der Waals surface area contributed by atoms with Crippen molar-refractivity contribution in [1.82, 2.24) is 0 Å². The minimum absolute atomic E-state index is 0.0574. The molecule has 0 amide bonds. The molecule has 0 aliphatic carbocycles. The second kappa shape index (κ2) is 7.88. The fourth-order valence-electron chi connectivity index (χ4n) is 2.29. The van der Waals surface area contributed by atoms with E-state index in [4.69, 9.17) is 4.18 Å². The van der Waals surface area contributed by atoms with Crippen LogP contribution in [0.2, 0.25) is 0 Å². The summed E-state index contributed by atoms with van der Waals surface area (Å²) in [5.74, 6) is 0.0398. The van der Waals surface area contributed by atoms with Crippen LogP contribution in [-0.4, -0.2) is 19.3 Å². The molecular formula is C21H16O5S. The van der Waals surface area contributed by atoms with Crippen LogP contribution in [-0.2, 0) is 10.1 Å². The van der Waals surface area contributed by atoms with Crippen LogP contribution in [0.3, 0.4) is 0 Å². The zero-order chi connectivity index (χ0) is 19.3. The highest BCUT2D eigenvalue weighted by molar-refractivity contribution is 7.87. The van der Waals surface area contributed by atoms with Gasteiger partial charge in [-0.15, -0.1) is 0 Å². The maximum Gasteiger partial charge on any atom is 0.339 e. The predicted octanol–water partition coefficient (Wildman–Crippen LogP) is 4.06. The molecular weight excluding hydrogens is 364 g/mol. The maximum atomic E-state index is 12.2. The Hall–Kier alpha value is -3.38. The molecule has 0 fully saturated rings. The van der Waals surface area contributed by atoms with E-state index in [1.54, 1.807) is 36.4 Å². The predicted molar refractivity (Wildman–Crippen MR) is 102 cm³/mol. The Morgan fingerprint density at radius 1 is 0.852 bits per heavy atom. The van der Waals surface area contributed by atoms with Crippen LogP contribution in [0.5, 0.6) is 11.5 Å². The summed E-state index contributed by atoms with van der Waals surface area (Å²) in [6, 6.07) is 20.1. The van der Waals surface area contributed by atoms with Gasteiger partial charge >= 0.3 is 10.1 Å². The van der Waals surface area contributed by atoms with E-state index < -0.39 is 10.1 Å². The molecule has 0 saturated carbocycles. The van der Waals surface area contributed by atoms with E-state index in [-0.39, 0.29) is 22.2 Å². The molecule has 0 aliphatic rings. The Balaban J connectivity index is 1.69. The number of benzene rings is 3. The number of allylic oxidation sites excluding steroid dienone is 1. The highest BCUT2D eigenvalue weighted by Crippen LogP contribution is 2.19. The van der Waals surface area contributed by atoms with E-state index in [0.717, 1.165) is 5.56 Å². The van der Waals surface area contributed by atoms with Gasteiger partial charge in [-0.1, -0.05) is 36.4 Å². The number of ketones is 1. The molecule has 6 heteroatoms. The van der Waals surface area contributed by atoms with Crippen LogP contribution < -0.4 is 4.18 Å². The highest BCUT2D eigenvalue weighted by Gasteiger charge is 2.16. The summed E-state index contributed by atoms with van der Waals surface area (Å²) < 4.78 is 29.5. The minimum Gasteiger partial charge on any atom is -0.508 e. The normalized spacial score (nSPS) is 11.4. The van der Waals surface area contributed by atoms with Gasteiger partial charge < -0.3 is 9.29 Å².